The minimum absolute atomic E-state index is 0.113. The Hall–Kier alpha value is -2.90. The van der Waals surface area contributed by atoms with E-state index in [-0.39, 0.29) is 11.8 Å². The Morgan fingerprint density at radius 3 is 2.14 bits per heavy atom. The zero-order chi connectivity index (χ0) is 21.1. The van der Waals surface area contributed by atoms with Crippen LogP contribution in [0.2, 0.25) is 0 Å². The second-order valence-corrected chi connectivity index (χ2v) is 6.87. The summed E-state index contributed by atoms with van der Waals surface area (Å²) < 4.78 is 4.47. The Balaban J connectivity index is 2.86. The van der Waals surface area contributed by atoms with Crippen molar-refractivity contribution in [1.29, 1.82) is 0 Å². The standard InChI is InChI=1S/C20H29N3O5/c1-13(2)10-15(22-17(24)12-18(25)28-4)20(27)23-16(19(26)21-3)11-14-8-6-5-7-9-14/h5-9,13,15-16H,10-12H2,1-4H3,(H,21,26)(H,22,24)(H,23,27)/t15-,16-/m0/s1. The van der Waals surface area contributed by atoms with Crippen LogP contribution in [0.5, 0.6) is 0 Å². The van der Waals surface area contributed by atoms with Gasteiger partial charge in [-0.05, 0) is 17.9 Å². The molecule has 3 N–H and O–H groups in total. The summed E-state index contributed by atoms with van der Waals surface area (Å²) in [5.74, 6) is -1.99. The second-order valence-electron chi connectivity index (χ2n) is 6.87. The van der Waals surface area contributed by atoms with Gasteiger partial charge in [0.05, 0.1) is 7.11 Å². The normalized spacial score (nSPS) is 12.6. The summed E-state index contributed by atoms with van der Waals surface area (Å²) >= 11 is 0. The van der Waals surface area contributed by atoms with E-state index < -0.39 is 36.3 Å². The van der Waals surface area contributed by atoms with Crippen LogP contribution in [-0.2, 0) is 30.3 Å². The van der Waals surface area contributed by atoms with E-state index in [9.17, 15) is 19.2 Å². The first-order valence-corrected chi connectivity index (χ1v) is 9.18. The topological polar surface area (TPSA) is 114 Å². The van der Waals surface area contributed by atoms with Crippen LogP contribution >= 0.6 is 0 Å². The molecule has 0 aliphatic heterocycles. The number of carbonyl (C=O) groups excluding carboxylic acids is 4. The number of benzene rings is 1. The van der Waals surface area contributed by atoms with Gasteiger partial charge in [-0.25, -0.2) is 0 Å². The predicted octanol–water partition coefficient (Wildman–Crippen LogP) is 0.554. The molecule has 0 radical (unpaired) electrons. The van der Waals surface area contributed by atoms with Crippen LogP contribution in [0.25, 0.3) is 0 Å². The molecule has 0 unspecified atom stereocenters. The van der Waals surface area contributed by atoms with Gasteiger partial charge in [0.2, 0.25) is 17.7 Å². The molecule has 0 aromatic heterocycles. The molecule has 0 spiro atoms. The molecule has 0 bridgehead atoms. The average molecular weight is 391 g/mol. The molecule has 1 aromatic rings. The molecule has 154 valence electrons. The number of methoxy groups -OCH3 is 1. The summed E-state index contributed by atoms with van der Waals surface area (Å²) in [4.78, 5) is 48.3. The van der Waals surface area contributed by atoms with E-state index in [4.69, 9.17) is 0 Å². The fourth-order valence-corrected chi connectivity index (χ4v) is 2.66. The van der Waals surface area contributed by atoms with Gasteiger partial charge in [0, 0.05) is 13.5 Å². The maximum atomic E-state index is 12.8. The van der Waals surface area contributed by atoms with Gasteiger partial charge in [-0.15, -0.1) is 0 Å². The summed E-state index contributed by atoms with van der Waals surface area (Å²) in [7, 11) is 2.68. The van der Waals surface area contributed by atoms with Crippen molar-refractivity contribution in [2.45, 2.75) is 45.2 Å². The van der Waals surface area contributed by atoms with Gasteiger partial charge in [-0.1, -0.05) is 44.2 Å². The third kappa shape index (κ3) is 8.20. The zero-order valence-corrected chi connectivity index (χ0v) is 16.8. The molecule has 0 saturated heterocycles. The van der Waals surface area contributed by atoms with E-state index in [1.165, 1.54) is 14.2 Å². The number of amides is 3. The Kier molecular flexibility index (Phi) is 9.70. The monoisotopic (exact) mass is 391 g/mol. The van der Waals surface area contributed by atoms with Crippen LogP contribution in [0, 0.1) is 5.92 Å². The van der Waals surface area contributed by atoms with Gasteiger partial charge < -0.3 is 20.7 Å². The van der Waals surface area contributed by atoms with Crippen molar-refractivity contribution in [2.75, 3.05) is 14.2 Å². The second kappa shape index (κ2) is 11.7. The maximum Gasteiger partial charge on any atom is 0.315 e. The molecule has 1 aromatic carbocycles. The Labute approximate surface area is 165 Å². The van der Waals surface area contributed by atoms with Crippen LogP contribution < -0.4 is 16.0 Å². The SMILES string of the molecule is CNC(=O)[C@H](Cc1ccccc1)NC(=O)[C@H](CC(C)C)NC(=O)CC(=O)OC. The summed E-state index contributed by atoms with van der Waals surface area (Å²) in [5.41, 5.74) is 0.895. The fourth-order valence-electron chi connectivity index (χ4n) is 2.66. The summed E-state index contributed by atoms with van der Waals surface area (Å²) in [6.07, 6.45) is 0.211. The zero-order valence-electron chi connectivity index (χ0n) is 16.8. The number of nitrogens with one attached hydrogen (secondary N) is 3. The third-order valence-corrected chi connectivity index (χ3v) is 4.05. The lowest BCUT2D eigenvalue weighted by atomic mass is 10.0. The first-order valence-electron chi connectivity index (χ1n) is 9.18. The minimum Gasteiger partial charge on any atom is -0.469 e. The van der Waals surface area contributed by atoms with Crippen molar-refractivity contribution in [3.05, 3.63) is 35.9 Å². The average Bonchev–Trinajstić information content (AvgIpc) is 2.66. The highest BCUT2D eigenvalue weighted by atomic mass is 16.5. The first kappa shape index (κ1) is 23.1. The summed E-state index contributed by atoms with van der Waals surface area (Å²) in [6.45, 7) is 3.82. The predicted molar refractivity (Wildman–Crippen MR) is 104 cm³/mol. The number of hydrogen-bond donors (Lipinski definition) is 3. The van der Waals surface area contributed by atoms with E-state index in [0.29, 0.717) is 12.8 Å². The molecular weight excluding hydrogens is 362 g/mol. The number of rotatable bonds is 10. The number of carbonyl (C=O) groups is 4. The molecule has 1 rings (SSSR count). The van der Waals surface area contributed by atoms with Crippen LogP contribution in [0.15, 0.2) is 30.3 Å². The van der Waals surface area contributed by atoms with Gasteiger partial charge >= 0.3 is 5.97 Å². The van der Waals surface area contributed by atoms with Crippen molar-refractivity contribution < 1.29 is 23.9 Å². The maximum absolute atomic E-state index is 12.8. The molecule has 8 heteroatoms. The van der Waals surface area contributed by atoms with Crippen molar-refractivity contribution in [3.63, 3.8) is 0 Å². The molecule has 0 aliphatic carbocycles. The smallest absolute Gasteiger partial charge is 0.315 e. The third-order valence-electron chi connectivity index (χ3n) is 4.05. The molecule has 0 aliphatic rings. The number of ether oxygens (including phenoxy) is 1. The summed E-state index contributed by atoms with van der Waals surface area (Å²) in [5, 5.41) is 7.81. The lowest BCUT2D eigenvalue weighted by Crippen LogP contribution is -2.54. The van der Waals surface area contributed by atoms with Crippen molar-refractivity contribution in [2.24, 2.45) is 5.92 Å². The van der Waals surface area contributed by atoms with Gasteiger partial charge in [-0.3, -0.25) is 19.2 Å². The van der Waals surface area contributed by atoms with Crippen molar-refractivity contribution in [1.82, 2.24) is 16.0 Å². The molecule has 0 fully saturated rings. The van der Waals surface area contributed by atoms with Gasteiger partial charge in [0.25, 0.3) is 0 Å². The van der Waals surface area contributed by atoms with E-state index in [2.05, 4.69) is 20.7 Å². The Morgan fingerprint density at radius 2 is 1.61 bits per heavy atom. The lowest BCUT2D eigenvalue weighted by molar-refractivity contribution is -0.144. The van der Waals surface area contributed by atoms with Gasteiger partial charge in [0.1, 0.15) is 18.5 Å². The summed E-state index contributed by atoms with van der Waals surface area (Å²) in [6, 6.07) is 7.66. The molecule has 3 amide bonds. The fraction of sp³-hybridized carbons (Fsp3) is 0.500. The number of esters is 1. The van der Waals surface area contributed by atoms with Crippen molar-refractivity contribution in [3.8, 4) is 0 Å². The van der Waals surface area contributed by atoms with Crippen LogP contribution in [-0.4, -0.2) is 49.9 Å². The minimum atomic E-state index is -0.861. The molecule has 8 nitrogen and oxygen atoms in total. The van der Waals surface area contributed by atoms with E-state index >= 15 is 0 Å². The highest BCUT2D eigenvalue weighted by Gasteiger charge is 2.27. The van der Waals surface area contributed by atoms with Crippen LogP contribution in [0.1, 0.15) is 32.3 Å². The highest BCUT2D eigenvalue weighted by Crippen LogP contribution is 2.08. The number of likely N-dealkylation sites (N-methyl/N-ethyl adjacent to an activating group) is 1. The van der Waals surface area contributed by atoms with Crippen LogP contribution in [0.4, 0.5) is 0 Å². The Morgan fingerprint density at radius 1 is 0.964 bits per heavy atom. The van der Waals surface area contributed by atoms with E-state index in [0.717, 1.165) is 5.56 Å². The molecular formula is C20H29N3O5. The quantitative estimate of drug-likeness (QED) is 0.398. The van der Waals surface area contributed by atoms with Gasteiger partial charge in [-0.2, -0.15) is 0 Å². The highest BCUT2D eigenvalue weighted by molar-refractivity contribution is 5.97. The lowest BCUT2D eigenvalue weighted by Gasteiger charge is -2.24. The molecule has 0 saturated carbocycles. The van der Waals surface area contributed by atoms with Gasteiger partial charge in [0.15, 0.2) is 0 Å². The van der Waals surface area contributed by atoms with E-state index in [1.807, 2.05) is 44.2 Å². The molecule has 28 heavy (non-hydrogen) atoms. The van der Waals surface area contributed by atoms with E-state index in [1.54, 1.807) is 0 Å². The Bertz CT molecular complexity index is 676. The molecule has 0 heterocycles. The number of hydrogen-bond acceptors (Lipinski definition) is 5. The van der Waals surface area contributed by atoms with Crippen molar-refractivity contribution >= 4 is 23.7 Å². The molecule has 2 atom stereocenters. The largest absolute Gasteiger partial charge is 0.469 e. The first-order chi connectivity index (χ1) is 13.3. The van der Waals surface area contributed by atoms with Crippen LogP contribution in [0.3, 0.4) is 0 Å².